The van der Waals surface area contributed by atoms with Gasteiger partial charge in [0.25, 0.3) is 5.91 Å². The Hall–Kier alpha value is -3.26. The molecule has 5 rings (SSSR count). The summed E-state index contributed by atoms with van der Waals surface area (Å²) < 4.78 is 65.6. The second-order valence-electron chi connectivity index (χ2n) is 12.5. The summed E-state index contributed by atoms with van der Waals surface area (Å²) in [5, 5.41) is 6.33. The van der Waals surface area contributed by atoms with E-state index in [0.29, 0.717) is 31.5 Å². The average molecular weight is 638 g/mol. The van der Waals surface area contributed by atoms with Crippen LogP contribution in [0.15, 0.2) is 22.5 Å². The predicted molar refractivity (Wildman–Crippen MR) is 158 cm³/mol. The largest absolute Gasteiger partial charge is 0.389 e. The molecule has 1 spiro atoms. The number of benzene rings is 1. The lowest BCUT2D eigenvalue weighted by atomic mass is 9.79. The molecule has 10 nitrogen and oxygen atoms in total. The molecule has 1 aromatic carbocycles. The van der Waals surface area contributed by atoms with Gasteiger partial charge < -0.3 is 10.2 Å². The highest BCUT2D eigenvalue weighted by Crippen LogP contribution is 2.38. The van der Waals surface area contributed by atoms with Crippen LogP contribution in [0.2, 0.25) is 0 Å². The van der Waals surface area contributed by atoms with Gasteiger partial charge in [0.05, 0.1) is 0 Å². The zero-order chi connectivity index (χ0) is 31.9. The molecule has 3 aliphatic heterocycles. The number of amidine groups is 1. The molecule has 2 saturated heterocycles. The number of urea groups is 1. The molecule has 0 unspecified atom stereocenters. The number of aryl methyl sites for hydroxylation is 2. The SMILES string of the molecule is Cc1cc(CN2CC(=O)NC2=O)cc(C)c1/C=C/S(=O)(=O)N1CCC2(CC1)N=C(C1CCC(CCC(F)(F)F)CC1)NC2=O. The Bertz CT molecular complexity index is 1470. The molecule has 14 heteroatoms. The van der Waals surface area contributed by atoms with E-state index in [1.165, 1.54) is 14.6 Å². The Morgan fingerprint density at radius 2 is 1.66 bits per heavy atom. The minimum atomic E-state index is -4.15. The number of aliphatic imine (C=N–C) groups is 1. The number of carbonyl (C=O) groups is 3. The number of nitrogens with zero attached hydrogens (tertiary/aromatic N) is 3. The van der Waals surface area contributed by atoms with Gasteiger partial charge in [-0.3, -0.25) is 19.9 Å². The molecule has 3 heterocycles. The summed E-state index contributed by atoms with van der Waals surface area (Å²) in [5.74, 6) is 0.0313. The van der Waals surface area contributed by atoms with Gasteiger partial charge in [-0.05, 0) is 93.0 Å². The molecule has 0 bridgehead atoms. The number of amides is 4. The van der Waals surface area contributed by atoms with Gasteiger partial charge in [-0.15, -0.1) is 0 Å². The second-order valence-corrected chi connectivity index (χ2v) is 14.3. The molecule has 0 aromatic heterocycles. The van der Waals surface area contributed by atoms with Gasteiger partial charge in [0.1, 0.15) is 17.9 Å². The summed E-state index contributed by atoms with van der Waals surface area (Å²) in [6.07, 6.45) is -0.0506. The molecule has 4 amide bonds. The predicted octanol–water partition coefficient (Wildman–Crippen LogP) is 4.17. The smallest absolute Gasteiger partial charge is 0.312 e. The van der Waals surface area contributed by atoms with Crippen molar-refractivity contribution in [2.75, 3.05) is 19.6 Å². The highest BCUT2D eigenvalue weighted by atomic mass is 32.2. The summed E-state index contributed by atoms with van der Waals surface area (Å²) in [7, 11) is -3.78. The number of alkyl halides is 3. The number of sulfonamides is 1. The molecule has 4 aliphatic rings. The first-order valence-electron chi connectivity index (χ1n) is 15.0. The Kier molecular flexibility index (Phi) is 8.96. The minimum absolute atomic E-state index is 0.00183. The van der Waals surface area contributed by atoms with E-state index < -0.39 is 34.2 Å². The van der Waals surface area contributed by atoms with Crippen LogP contribution in [0, 0.1) is 25.7 Å². The van der Waals surface area contributed by atoms with Crippen molar-refractivity contribution in [2.45, 2.75) is 83.5 Å². The molecule has 3 fully saturated rings. The third-order valence-corrected chi connectivity index (χ3v) is 10.8. The van der Waals surface area contributed by atoms with Crippen molar-refractivity contribution in [1.82, 2.24) is 19.8 Å². The fourth-order valence-corrected chi connectivity index (χ4v) is 7.94. The van der Waals surface area contributed by atoms with E-state index in [2.05, 4.69) is 10.6 Å². The van der Waals surface area contributed by atoms with Gasteiger partial charge >= 0.3 is 12.2 Å². The highest BCUT2D eigenvalue weighted by Gasteiger charge is 2.48. The van der Waals surface area contributed by atoms with Crippen molar-refractivity contribution in [3.8, 4) is 0 Å². The first-order chi connectivity index (χ1) is 20.6. The number of carbonyl (C=O) groups excluding carboxylic acids is 3. The monoisotopic (exact) mass is 637 g/mol. The standard InChI is InChI=1S/C30H38F3N5O5S/c1-19-15-22(17-37-18-25(39)34-28(37)41)16-20(2)24(19)8-14-44(42,43)38-12-10-29(11-13-38)27(40)35-26(36-29)23-5-3-21(4-6-23)7-9-30(31,32)33/h8,14-16,21,23H,3-7,9-13,17-18H2,1-2H3,(H,34,39,41)(H,35,36,40)/b14-8+. The van der Waals surface area contributed by atoms with Crippen LogP contribution in [-0.4, -0.2) is 72.7 Å². The Labute approximate surface area is 255 Å². The molecular weight excluding hydrogens is 599 g/mol. The fraction of sp³-hybridized carbons (Fsp3) is 0.600. The minimum Gasteiger partial charge on any atom is -0.312 e. The second kappa shape index (κ2) is 12.3. The number of rotatable bonds is 8. The maximum absolute atomic E-state index is 13.2. The summed E-state index contributed by atoms with van der Waals surface area (Å²) in [6, 6.07) is 3.29. The van der Waals surface area contributed by atoms with Crippen LogP contribution in [0.25, 0.3) is 6.08 Å². The lowest BCUT2D eigenvalue weighted by Crippen LogP contribution is -2.50. The van der Waals surface area contributed by atoms with Crippen molar-refractivity contribution in [2.24, 2.45) is 16.8 Å². The van der Waals surface area contributed by atoms with Crippen LogP contribution in [0.3, 0.4) is 0 Å². The topological polar surface area (TPSA) is 128 Å². The van der Waals surface area contributed by atoms with Crippen molar-refractivity contribution in [3.05, 3.63) is 39.8 Å². The van der Waals surface area contributed by atoms with Gasteiger partial charge in [-0.1, -0.05) is 12.1 Å². The maximum Gasteiger partial charge on any atom is 0.389 e. The van der Waals surface area contributed by atoms with E-state index in [0.717, 1.165) is 22.3 Å². The summed E-state index contributed by atoms with van der Waals surface area (Å²) in [4.78, 5) is 42.6. The fourth-order valence-electron chi connectivity index (χ4n) is 6.77. The molecule has 2 N–H and O–H groups in total. The van der Waals surface area contributed by atoms with Crippen molar-refractivity contribution < 1.29 is 36.0 Å². The first kappa shape index (κ1) is 32.1. The van der Waals surface area contributed by atoms with Crippen LogP contribution in [0.4, 0.5) is 18.0 Å². The molecule has 44 heavy (non-hydrogen) atoms. The third kappa shape index (κ3) is 7.17. The number of piperidine rings is 1. The molecule has 1 saturated carbocycles. The number of halogens is 3. The van der Waals surface area contributed by atoms with Gasteiger partial charge in [0, 0.05) is 37.4 Å². The van der Waals surface area contributed by atoms with Gasteiger partial charge in [0.2, 0.25) is 15.9 Å². The van der Waals surface area contributed by atoms with Gasteiger partial charge in [0.15, 0.2) is 0 Å². The maximum atomic E-state index is 13.2. The normalized spacial score (nSPS) is 24.7. The van der Waals surface area contributed by atoms with E-state index in [4.69, 9.17) is 4.99 Å². The first-order valence-corrected chi connectivity index (χ1v) is 16.5. The number of hydrogen-bond acceptors (Lipinski definition) is 6. The number of imide groups is 1. The van der Waals surface area contributed by atoms with E-state index in [1.54, 1.807) is 6.08 Å². The molecule has 1 aliphatic carbocycles. The summed E-state index contributed by atoms with van der Waals surface area (Å²) in [6.45, 7) is 4.23. The van der Waals surface area contributed by atoms with E-state index >= 15 is 0 Å². The lowest BCUT2D eigenvalue weighted by molar-refractivity contribution is -0.138. The summed E-state index contributed by atoms with van der Waals surface area (Å²) in [5.41, 5.74) is 2.21. The lowest BCUT2D eigenvalue weighted by Gasteiger charge is -2.34. The number of hydrogen-bond donors (Lipinski definition) is 2. The third-order valence-electron chi connectivity index (χ3n) is 9.28. The Morgan fingerprint density at radius 3 is 2.23 bits per heavy atom. The summed E-state index contributed by atoms with van der Waals surface area (Å²) >= 11 is 0. The van der Waals surface area contributed by atoms with Gasteiger partial charge in [-0.2, -0.15) is 17.5 Å². The van der Waals surface area contributed by atoms with Crippen molar-refractivity contribution in [1.29, 1.82) is 0 Å². The van der Waals surface area contributed by atoms with Crippen LogP contribution in [0.1, 0.15) is 73.6 Å². The zero-order valence-electron chi connectivity index (χ0n) is 24.9. The van der Waals surface area contributed by atoms with Crippen LogP contribution in [0.5, 0.6) is 0 Å². The van der Waals surface area contributed by atoms with E-state index in [9.17, 15) is 36.0 Å². The van der Waals surface area contributed by atoms with Crippen LogP contribution in [-0.2, 0) is 26.2 Å². The Morgan fingerprint density at radius 1 is 1.02 bits per heavy atom. The molecule has 1 aromatic rings. The van der Waals surface area contributed by atoms with Crippen LogP contribution < -0.4 is 10.6 Å². The number of nitrogens with one attached hydrogen (secondary N) is 2. The average Bonchev–Trinajstić information content (AvgIpc) is 3.43. The van der Waals surface area contributed by atoms with Gasteiger partial charge in [-0.25, -0.2) is 13.2 Å². The Balaban J connectivity index is 1.18. The molecule has 240 valence electrons. The molecule has 0 atom stereocenters. The quantitative estimate of drug-likeness (QED) is 0.414. The zero-order valence-corrected chi connectivity index (χ0v) is 25.7. The highest BCUT2D eigenvalue weighted by molar-refractivity contribution is 7.92. The molecular formula is C30H38F3N5O5S. The molecule has 0 radical (unpaired) electrons. The van der Waals surface area contributed by atoms with Crippen molar-refractivity contribution >= 4 is 39.8 Å². The van der Waals surface area contributed by atoms with E-state index in [-0.39, 0.29) is 69.1 Å². The van der Waals surface area contributed by atoms with Crippen molar-refractivity contribution in [3.63, 3.8) is 0 Å². The van der Waals surface area contributed by atoms with Crippen LogP contribution >= 0.6 is 0 Å². The van der Waals surface area contributed by atoms with E-state index in [1.807, 2.05) is 26.0 Å².